The molecule has 0 fully saturated rings. The second kappa shape index (κ2) is 6.13. The monoisotopic (exact) mass is 309 g/mol. The van der Waals surface area contributed by atoms with Crippen molar-refractivity contribution in [1.82, 2.24) is 0 Å². The van der Waals surface area contributed by atoms with Gasteiger partial charge >= 0.3 is 0 Å². The Balaban J connectivity index is 2.36. The summed E-state index contributed by atoms with van der Waals surface area (Å²) in [6.07, 6.45) is 0. The van der Waals surface area contributed by atoms with E-state index >= 15 is 0 Å². The molecule has 0 unspecified atom stereocenters. The number of aryl methyl sites for hydroxylation is 1. The summed E-state index contributed by atoms with van der Waals surface area (Å²) in [7, 11) is -3.79. The summed E-state index contributed by atoms with van der Waals surface area (Å²) < 4.78 is 45.8. The summed E-state index contributed by atoms with van der Waals surface area (Å²) in [5.74, 6) is -0.0981. The van der Waals surface area contributed by atoms with Gasteiger partial charge < -0.3 is 4.74 Å². The summed E-state index contributed by atoms with van der Waals surface area (Å²) >= 11 is 0. The first-order valence-electron chi connectivity index (χ1n) is 6.45. The lowest BCUT2D eigenvalue weighted by molar-refractivity contribution is 0.331. The zero-order valence-corrected chi connectivity index (χ0v) is 12.6. The largest absolute Gasteiger partial charge is 0.492 e. The van der Waals surface area contributed by atoms with Crippen LogP contribution in [0, 0.1) is 12.7 Å². The molecule has 2 aromatic carbocycles. The van der Waals surface area contributed by atoms with Gasteiger partial charge in [-0.2, -0.15) is 0 Å². The maximum absolute atomic E-state index is 13.2. The van der Waals surface area contributed by atoms with Gasteiger partial charge in [-0.15, -0.1) is 0 Å². The predicted octanol–water partition coefficient (Wildman–Crippen LogP) is 3.33. The Labute approximate surface area is 123 Å². The van der Waals surface area contributed by atoms with Crippen LogP contribution in [-0.4, -0.2) is 15.0 Å². The van der Waals surface area contributed by atoms with Crippen LogP contribution in [0.15, 0.2) is 47.4 Å². The van der Waals surface area contributed by atoms with Crippen LogP contribution in [0.1, 0.15) is 12.5 Å². The van der Waals surface area contributed by atoms with E-state index in [9.17, 15) is 12.8 Å². The van der Waals surface area contributed by atoms with E-state index in [1.165, 1.54) is 24.3 Å². The van der Waals surface area contributed by atoms with Gasteiger partial charge in [0.05, 0.1) is 6.61 Å². The van der Waals surface area contributed by atoms with Gasteiger partial charge in [0.15, 0.2) is 0 Å². The fourth-order valence-electron chi connectivity index (χ4n) is 1.87. The van der Waals surface area contributed by atoms with Crippen LogP contribution in [0.5, 0.6) is 5.75 Å². The predicted molar refractivity (Wildman–Crippen MR) is 79.6 cm³/mol. The minimum Gasteiger partial charge on any atom is -0.492 e. The lowest BCUT2D eigenvalue weighted by Gasteiger charge is -2.12. The maximum Gasteiger partial charge on any atom is 0.265 e. The molecule has 0 amide bonds. The molecule has 112 valence electrons. The minimum absolute atomic E-state index is 0.0498. The van der Waals surface area contributed by atoms with E-state index in [4.69, 9.17) is 4.74 Å². The smallest absolute Gasteiger partial charge is 0.265 e. The third-order valence-electron chi connectivity index (χ3n) is 2.85. The van der Waals surface area contributed by atoms with Crippen LogP contribution >= 0.6 is 0 Å². The van der Waals surface area contributed by atoms with Gasteiger partial charge in [0, 0.05) is 5.69 Å². The average molecular weight is 309 g/mol. The van der Waals surface area contributed by atoms with E-state index in [-0.39, 0.29) is 16.5 Å². The molecule has 0 radical (unpaired) electrons. The molecular formula is C15H16FNO3S. The first-order valence-corrected chi connectivity index (χ1v) is 7.93. The number of para-hydroxylation sites is 1. The highest BCUT2D eigenvalue weighted by Crippen LogP contribution is 2.26. The van der Waals surface area contributed by atoms with Crippen LogP contribution in [0.2, 0.25) is 0 Å². The third kappa shape index (κ3) is 3.52. The van der Waals surface area contributed by atoms with Crippen LogP contribution in [0.3, 0.4) is 0 Å². The molecule has 0 aliphatic heterocycles. The molecule has 2 rings (SSSR count). The van der Waals surface area contributed by atoms with E-state index in [0.29, 0.717) is 17.9 Å². The quantitative estimate of drug-likeness (QED) is 0.921. The molecular weight excluding hydrogens is 293 g/mol. The van der Waals surface area contributed by atoms with E-state index in [0.717, 1.165) is 0 Å². The van der Waals surface area contributed by atoms with Crippen molar-refractivity contribution in [3.8, 4) is 5.75 Å². The lowest BCUT2D eigenvalue weighted by Crippen LogP contribution is -2.14. The van der Waals surface area contributed by atoms with Crippen LogP contribution in [0.4, 0.5) is 10.1 Å². The summed E-state index contributed by atoms with van der Waals surface area (Å²) in [4.78, 5) is 0.0498. The molecule has 21 heavy (non-hydrogen) atoms. The molecule has 0 heterocycles. The van der Waals surface area contributed by atoms with Gasteiger partial charge in [0.2, 0.25) is 0 Å². The lowest BCUT2D eigenvalue weighted by atomic mass is 10.2. The Morgan fingerprint density at radius 3 is 2.57 bits per heavy atom. The number of benzene rings is 2. The molecule has 2 aromatic rings. The van der Waals surface area contributed by atoms with Gasteiger partial charge in [-0.1, -0.05) is 12.1 Å². The van der Waals surface area contributed by atoms with E-state index in [1.807, 2.05) is 0 Å². The van der Waals surface area contributed by atoms with Gasteiger partial charge in [0.25, 0.3) is 10.0 Å². The van der Waals surface area contributed by atoms with Gasteiger partial charge in [-0.05, 0) is 49.7 Å². The molecule has 4 nitrogen and oxygen atoms in total. The van der Waals surface area contributed by atoms with Crippen molar-refractivity contribution >= 4 is 15.7 Å². The van der Waals surface area contributed by atoms with Gasteiger partial charge in [0.1, 0.15) is 16.5 Å². The standard InChI is InChI=1S/C15H16FNO3S/c1-3-20-14-6-4-5-7-15(14)21(18,19)17-12-8-9-13(16)11(2)10-12/h4-10,17H,3H2,1-2H3. The summed E-state index contributed by atoms with van der Waals surface area (Å²) in [5, 5.41) is 0. The van der Waals surface area contributed by atoms with Crippen molar-refractivity contribution in [3.05, 3.63) is 53.8 Å². The zero-order chi connectivity index (χ0) is 15.5. The minimum atomic E-state index is -3.79. The van der Waals surface area contributed by atoms with Crippen molar-refractivity contribution in [2.75, 3.05) is 11.3 Å². The van der Waals surface area contributed by atoms with Crippen molar-refractivity contribution in [2.24, 2.45) is 0 Å². The Hall–Kier alpha value is -2.08. The Bertz CT molecular complexity index is 744. The van der Waals surface area contributed by atoms with E-state index < -0.39 is 10.0 Å². The molecule has 0 saturated carbocycles. The number of hydrogen-bond acceptors (Lipinski definition) is 3. The summed E-state index contributed by atoms with van der Waals surface area (Å²) in [6.45, 7) is 3.71. The molecule has 0 atom stereocenters. The number of ether oxygens (including phenoxy) is 1. The van der Waals surface area contributed by atoms with Crippen molar-refractivity contribution < 1.29 is 17.5 Å². The Kier molecular flexibility index (Phi) is 4.47. The summed E-state index contributed by atoms with van der Waals surface area (Å²) in [5.41, 5.74) is 0.675. The number of halogens is 1. The number of sulfonamides is 1. The second-order valence-electron chi connectivity index (χ2n) is 4.45. The highest BCUT2D eigenvalue weighted by Gasteiger charge is 2.19. The van der Waals surface area contributed by atoms with Crippen LogP contribution in [-0.2, 0) is 10.0 Å². The second-order valence-corrected chi connectivity index (χ2v) is 6.10. The summed E-state index contributed by atoms with van der Waals surface area (Å²) in [6, 6.07) is 10.4. The Morgan fingerprint density at radius 2 is 1.90 bits per heavy atom. The van der Waals surface area contributed by atoms with Crippen LogP contribution < -0.4 is 9.46 Å². The highest BCUT2D eigenvalue weighted by molar-refractivity contribution is 7.92. The molecule has 0 aliphatic carbocycles. The number of rotatable bonds is 5. The number of hydrogen-bond donors (Lipinski definition) is 1. The van der Waals surface area contributed by atoms with Crippen molar-refractivity contribution in [3.63, 3.8) is 0 Å². The SMILES string of the molecule is CCOc1ccccc1S(=O)(=O)Nc1ccc(F)c(C)c1. The topological polar surface area (TPSA) is 55.4 Å². The fourth-order valence-corrected chi connectivity index (χ4v) is 3.06. The zero-order valence-electron chi connectivity index (χ0n) is 11.8. The van der Waals surface area contributed by atoms with Crippen molar-refractivity contribution in [2.45, 2.75) is 18.7 Å². The fraction of sp³-hybridized carbons (Fsp3) is 0.200. The van der Waals surface area contributed by atoms with Crippen LogP contribution in [0.25, 0.3) is 0 Å². The van der Waals surface area contributed by atoms with Crippen molar-refractivity contribution in [1.29, 1.82) is 0 Å². The molecule has 0 aliphatic rings. The molecule has 6 heteroatoms. The van der Waals surface area contributed by atoms with E-state index in [2.05, 4.69) is 4.72 Å². The first kappa shape index (κ1) is 15.3. The highest BCUT2D eigenvalue weighted by atomic mass is 32.2. The average Bonchev–Trinajstić information content (AvgIpc) is 2.43. The number of anilines is 1. The van der Waals surface area contributed by atoms with Gasteiger partial charge in [-0.25, -0.2) is 12.8 Å². The number of nitrogens with one attached hydrogen (secondary N) is 1. The molecule has 0 bridgehead atoms. The normalized spacial score (nSPS) is 11.2. The Morgan fingerprint density at radius 1 is 1.19 bits per heavy atom. The maximum atomic E-state index is 13.2. The molecule has 0 aromatic heterocycles. The third-order valence-corrected chi connectivity index (χ3v) is 4.27. The van der Waals surface area contributed by atoms with E-state index in [1.54, 1.807) is 32.0 Å². The first-order chi connectivity index (χ1) is 9.94. The van der Waals surface area contributed by atoms with Gasteiger partial charge in [-0.3, -0.25) is 4.72 Å². The molecule has 1 N–H and O–H groups in total. The molecule has 0 spiro atoms. The molecule has 0 saturated heterocycles.